The minimum atomic E-state index is -3.51. The van der Waals surface area contributed by atoms with Gasteiger partial charge in [-0.1, -0.05) is 18.9 Å². The van der Waals surface area contributed by atoms with Crippen LogP contribution >= 0.6 is 11.8 Å². The molecular formula is C17H26N2O3S2. The lowest BCUT2D eigenvalue weighted by molar-refractivity contribution is -0.115. The van der Waals surface area contributed by atoms with Gasteiger partial charge in [0.05, 0.1) is 10.1 Å². The molecule has 0 aliphatic heterocycles. The zero-order valence-electron chi connectivity index (χ0n) is 14.7. The van der Waals surface area contributed by atoms with Crippen molar-refractivity contribution < 1.29 is 13.2 Å². The van der Waals surface area contributed by atoms with E-state index in [1.165, 1.54) is 50.2 Å². The van der Waals surface area contributed by atoms with Crippen LogP contribution in [0.4, 0.5) is 5.69 Å². The summed E-state index contributed by atoms with van der Waals surface area (Å²) in [5.74, 6) is -0.0746. The second kappa shape index (κ2) is 7.89. The van der Waals surface area contributed by atoms with Crippen molar-refractivity contribution in [3.8, 4) is 0 Å². The minimum Gasteiger partial charge on any atom is -0.325 e. The molecule has 1 aromatic carbocycles. The van der Waals surface area contributed by atoms with Crippen molar-refractivity contribution in [2.75, 3.05) is 19.4 Å². The highest BCUT2D eigenvalue weighted by molar-refractivity contribution is 8.01. The number of anilines is 1. The van der Waals surface area contributed by atoms with Crippen molar-refractivity contribution in [2.24, 2.45) is 0 Å². The second-order valence-corrected chi connectivity index (χ2v) is 10.2. The number of carbonyl (C=O) groups is 1. The summed E-state index contributed by atoms with van der Waals surface area (Å²) >= 11 is 1.72. The quantitative estimate of drug-likeness (QED) is 0.835. The summed E-state index contributed by atoms with van der Waals surface area (Å²) in [7, 11) is -0.526. The fourth-order valence-corrected chi connectivity index (χ4v) is 5.01. The SMILES string of the molecule is Cc1ccc(S(=O)(=O)N(C)C)cc1NC(=O)[C@H](C)SC1CCCC1. The van der Waals surface area contributed by atoms with E-state index in [1.807, 2.05) is 13.8 Å². The number of hydrogen-bond acceptors (Lipinski definition) is 4. The third-order valence-electron chi connectivity index (χ3n) is 4.31. The number of aryl methyl sites for hydroxylation is 1. The van der Waals surface area contributed by atoms with Gasteiger partial charge in [-0.25, -0.2) is 12.7 Å². The fourth-order valence-electron chi connectivity index (χ4n) is 2.72. The molecule has 0 bridgehead atoms. The van der Waals surface area contributed by atoms with Crippen molar-refractivity contribution >= 4 is 33.4 Å². The van der Waals surface area contributed by atoms with E-state index in [0.717, 1.165) is 5.56 Å². The highest BCUT2D eigenvalue weighted by Crippen LogP contribution is 2.32. The summed E-state index contributed by atoms with van der Waals surface area (Å²) in [4.78, 5) is 12.6. The van der Waals surface area contributed by atoms with Gasteiger partial charge in [-0.2, -0.15) is 0 Å². The number of amides is 1. The van der Waals surface area contributed by atoms with E-state index in [4.69, 9.17) is 0 Å². The van der Waals surface area contributed by atoms with Gasteiger partial charge in [-0.15, -0.1) is 11.8 Å². The van der Waals surface area contributed by atoms with Crippen LogP contribution in [-0.4, -0.2) is 43.2 Å². The van der Waals surface area contributed by atoms with Crippen LogP contribution in [0.15, 0.2) is 23.1 Å². The Bertz CT molecular complexity index is 696. The van der Waals surface area contributed by atoms with Gasteiger partial charge in [-0.3, -0.25) is 4.79 Å². The lowest BCUT2D eigenvalue weighted by Crippen LogP contribution is -2.25. The molecule has 0 saturated heterocycles. The van der Waals surface area contributed by atoms with Gasteiger partial charge in [0.2, 0.25) is 15.9 Å². The predicted octanol–water partition coefficient (Wildman–Crippen LogP) is 3.25. The van der Waals surface area contributed by atoms with Crippen LogP contribution in [0.5, 0.6) is 0 Å². The number of benzene rings is 1. The Morgan fingerprint density at radius 3 is 2.50 bits per heavy atom. The van der Waals surface area contributed by atoms with Crippen molar-refractivity contribution in [2.45, 2.75) is 54.9 Å². The van der Waals surface area contributed by atoms with Gasteiger partial charge in [0.25, 0.3) is 0 Å². The van der Waals surface area contributed by atoms with Crippen LogP contribution in [0.3, 0.4) is 0 Å². The van der Waals surface area contributed by atoms with E-state index >= 15 is 0 Å². The van der Waals surface area contributed by atoms with E-state index in [2.05, 4.69) is 5.32 Å². The van der Waals surface area contributed by atoms with Crippen LogP contribution in [0.1, 0.15) is 38.2 Å². The Balaban J connectivity index is 2.12. The van der Waals surface area contributed by atoms with E-state index in [-0.39, 0.29) is 16.1 Å². The Labute approximate surface area is 149 Å². The van der Waals surface area contributed by atoms with Gasteiger partial charge < -0.3 is 5.32 Å². The first-order valence-corrected chi connectivity index (χ1v) is 10.6. The summed E-state index contributed by atoms with van der Waals surface area (Å²) in [6.07, 6.45) is 4.85. The molecule has 0 spiro atoms. The number of carbonyl (C=O) groups excluding carboxylic acids is 1. The molecule has 1 saturated carbocycles. The first-order chi connectivity index (χ1) is 11.2. The summed E-state index contributed by atoms with van der Waals surface area (Å²) < 4.78 is 25.7. The molecule has 1 aliphatic carbocycles. The second-order valence-electron chi connectivity index (χ2n) is 6.44. The fraction of sp³-hybridized carbons (Fsp3) is 0.588. The van der Waals surface area contributed by atoms with Gasteiger partial charge in [0, 0.05) is 25.0 Å². The molecule has 0 unspecified atom stereocenters. The minimum absolute atomic E-state index is 0.0746. The average Bonchev–Trinajstić information content (AvgIpc) is 3.01. The van der Waals surface area contributed by atoms with E-state index < -0.39 is 10.0 Å². The number of rotatable bonds is 6. The van der Waals surface area contributed by atoms with Gasteiger partial charge in [0.1, 0.15) is 0 Å². The molecule has 5 nitrogen and oxygen atoms in total. The Hall–Kier alpha value is -1.05. The standard InChI is InChI=1S/C17H26N2O3S2/c1-12-9-10-15(24(21,22)19(3)4)11-16(12)18-17(20)13(2)23-14-7-5-6-8-14/h9-11,13-14H,5-8H2,1-4H3,(H,18,20)/t13-/m0/s1. The molecular weight excluding hydrogens is 344 g/mol. The third kappa shape index (κ3) is 4.52. The van der Waals surface area contributed by atoms with Gasteiger partial charge >= 0.3 is 0 Å². The molecule has 7 heteroatoms. The first kappa shape index (κ1) is 19.3. The predicted molar refractivity (Wildman–Crippen MR) is 100.0 cm³/mol. The molecule has 24 heavy (non-hydrogen) atoms. The summed E-state index contributed by atoms with van der Waals surface area (Å²) in [6.45, 7) is 3.77. The molecule has 0 heterocycles. The lowest BCUT2D eigenvalue weighted by Gasteiger charge is -2.18. The number of nitrogens with zero attached hydrogens (tertiary/aromatic N) is 1. The molecule has 0 radical (unpaired) electrons. The summed E-state index contributed by atoms with van der Waals surface area (Å²) in [6, 6.07) is 4.83. The van der Waals surface area contributed by atoms with Crippen LogP contribution in [0, 0.1) is 6.92 Å². The van der Waals surface area contributed by atoms with Crippen LogP contribution < -0.4 is 5.32 Å². The maximum atomic E-state index is 12.5. The average molecular weight is 371 g/mol. The molecule has 1 aliphatic rings. The maximum absolute atomic E-state index is 12.5. The molecule has 134 valence electrons. The van der Waals surface area contributed by atoms with Crippen LogP contribution in [0.25, 0.3) is 0 Å². The van der Waals surface area contributed by atoms with Crippen LogP contribution in [-0.2, 0) is 14.8 Å². The molecule has 1 N–H and O–H groups in total. The Morgan fingerprint density at radius 2 is 1.92 bits per heavy atom. The van der Waals surface area contributed by atoms with E-state index in [9.17, 15) is 13.2 Å². The van der Waals surface area contributed by atoms with Crippen LogP contribution in [0.2, 0.25) is 0 Å². The normalized spacial score (nSPS) is 17.2. The highest BCUT2D eigenvalue weighted by atomic mass is 32.2. The molecule has 1 atom stereocenters. The first-order valence-electron chi connectivity index (χ1n) is 8.21. The zero-order chi connectivity index (χ0) is 17.9. The Morgan fingerprint density at radius 1 is 1.29 bits per heavy atom. The molecule has 1 amide bonds. The maximum Gasteiger partial charge on any atom is 0.242 e. The smallest absolute Gasteiger partial charge is 0.242 e. The van der Waals surface area contributed by atoms with Crippen molar-refractivity contribution in [1.29, 1.82) is 0 Å². The molecule has 1 aromatic rings. The van der Waals surface area contributed by atoms with E-state index in [1.54, 1.807) is 23.9 Å². The Kier molecular flexibility index (Phi) is 6.33. The van der Waals surface area contributed by atoms with Gasteiger partial charge in [0.15, 0.2) is 0 Å². The van der Waals surface area contributed by atoms with Crippen molar-refractivity contribution in [3.63, 3.8) is 0 Å². The number of thioether (sulfide) groups is 1. The summed E-state index contributed by atoms with van der Waals surface area (Å²) in [5.41, 5.74) is 1.40. The monoisotopic (exact) mass is 370 g/mol. The summed E-state index contributed by atoms with van der Waals surface area (Å²) in [5, 5.41) is 3.30. The zero-order valence-corrected chi connectivity index (χ0v) is 16.3. The van der Waals surface area contributed by atoms with Crippen molar-refractivity contribution in [3.05, 3.63) is 23.8 Å². The largest absolute Gasteiger partial charge is 0.325 e. The van der Waals surface area contributed by atoms with E-state index in [0.29, 0.717) is 10.9 Å². The van der Waals surface area contributed by atoms with Gasteiger partial charge in [-0.05, 0) is 44.4 Å². The number of nitrogens with one attached hydrogen (secondary N) is 1. The molecule has 0 aromatic heterocycles. The number of sulfonamides is 1. The topological polar surface area (TPSA) is 66.5 Å². The van der Waals surface area contributed by atoms with Crippen molar-refractivity contribution in [1.82, 2.24) is 4.31 Å². The number of hydrogen-bond donors (Lipinski definition) is 1. The molecule has 2 rings (SSSR count). The highest BCUT2D eigenvalue weighted by Gasteiger charge is 2.23. The lowest BCUT2D eigenvalue weighted by atomic mass is 10.2. The molecule has 1 fully saturated rings. The third-order valence-corrected chi connectivity index (χ3v) is 7.60.